The van der Waals surface area contributed by atoms with E-state index in [-0.39, 0.29) is 5.91 Å². The number of nitrogens with two attached hydrogens (primary N) is 1. The molecule has 4 nitrogen and oxygen atoms in total. The summed E-state index contributed by atoms with van der Waals surface area (Å²) in [4.78, 5) is 15.3. The van der Waals surface area contributed by atoms with Crippen molar-refractivity contribution in [3.05, 3.63) is 22.3 Å². The fourth-order valence-electron chi connectivity index (χ4n) is 0.902. The number of aromatic nitrogens is 1. The Morgan fingerprint density at radius 2 is 2.36 bits per heavy atom. The number of amides is 1. The Morgan fingerprint density at radius 1 is 1.71 bits per heavy atom. The van der Waals surface area contributed by atoms with Crippen LogP contribution >= 0.6 is 15.9 Å². The number of anilines is 1. The SMILES string of the molecule is Cc1cc(Br)cnc1NC(=O)[C@@H](C)N. The molecule has 76 valence electrons. The Morgan fingerprint density at radius 3 is 2.86 bits per heavy atom. The van der Waals surface area contributed by atoms with E-state index in [2.05, 4.69) is 26.2 Å². The van der Waals surface area contributed by atoms with Crippen molar-refractivity contribution in [2.45, 2.75) is 19.9 Å². The lowest BCUT2D eigenvalue weighted by molar-refractivity contribution is -0.117. The molecule has 0 aliphatic heterocycles. The topological polar surface area (TPSA) is 68.0 Å². The minimum Gasteiger partial charge on any atom is -0.320 e. The van der Waals surface area contributed by atoms with Gasteiger partial charge in [0, 0.05) is 10.7 Å². The second kappa shape index (κ2) is 4.52. The predicted octanol–water partition coefficient (Wildman–Crippen LogP) is 1.44. The van der Waals surface area contributed by atoms with Crippen LogP contribution in [0.4, 0.5) is 5.82 Å². The molecule has 1 rings (SSSR count). The second-order valence-corrected chi connectivity index (χ2v) is 4.01. The third-order valence-electron chi connectivity index (χ3n) is 1.70. The van der Waals surface area contributed by atoms with Gasteiger partial charge in [-0.3, -0.25) is 4.79 Å². The number of halogens is 1. The van der Waals surface area contributed by atoms with Gasteiger partial charge in [-0.05, 0) is 41.4 Å². The molecular weight excluding hydrogens is 246 g/mol. The number of aryl methyl sites for hydroxylation is 1. The number of nitrogens with one attached hydrogen (secondary N) is 1. The van der Waals surface area contributed by atoms with Gasteiger partial charge in [0.15, 0.2) is 0 Å². The summed E-state index contributed by atoms with van der Waals surface area (Å²) in [6.45, 7) is 3.50. The number of nitrogens with zero attached hydrogens (tertiary/aromatic N) is 1. The quantitative estimate of drug-likeness (QED) is 0.843. The van der Waals surface area contributed by atoms with Gasteiger partial charge in [-0.1, -0.05) is 0 Å². The zero-order valence-electron chi connectivity index (χ0n) is 8.04. The number of carbonyl (C=O) groups excluding carboxylic acids is 1. The van der Waals surface area contributed by atoms with E-state index in [4.69, 9.17) is 5.73 Å². The average molecular weight is 258 g/mol. The average Bonchev–Trinajstić information content (AvgIpc) is 2.09. The molecule has 14 heavy (non-hydrogen) atoms. The summed E-state index contributed by atoms with van der Waals surface area (Å²) in [6.07, 6.45) is 1.63. The van der Waals surface area contributed by atoms with Crippen molar-refractivity contribution in [2.24, 2.45) is 5.73 Å². The van der Waals surface area contributed by atoms with E-state index in [1.807, 2.05) is 13.0 Å². The number of pyridine rings is 1. The maximum atomic E-state index is 11.3. The molecule has 0 saturated carbocycles. The summed E-state index contributed by atoms with van der Waals surface area (Å²) >= 11 is 3.29. The molecule has 5 heteroatoms. The van der Waals surface area contributed by atoms with Gasteiger partial charge in [0.25, 0.3) is 0 Å². The van der Waals surface area contributed by atoms with Crippen molar-refractivity contribution >= 4 is 27.7 Å². The largest absolute Gasteiger partial charge is 0.320 e. The zero-order chi connectivity index (χ0) is 10.7. The highest BCUT2D eigenvalue weighted by atomic mass is 79.9. The number of carbonyl (C=O) groups is 1. The molecule has 1 aromatic heterocycles. The van der Waals surface area contributed by atoms with Gasteiger partial charge < -0.3 is 11.1 Å². The normalized spacial score (nSPS) is 12.3. The highest BCUT2D eigenvalue weighted by Crippen LogP contribution is 2.16. The van der Waals surface area contributed by atoms with E-state index >= 15 is 0 Å². The Hall–Kier alpha value is -0.940. The van der Waals surface area contributed by atoms with E-state index in [1.165, 1.54) is 0 Å². The minimum absolute atomic E-state index is 0.233. The molecule has 0 aliphatic carbocycles. The second-order valence-electron chi connectivity index (χ2n) is 3.10. The molecule has 0 saturated heterocycles. The van der Waals surface area contributed by atoms with Gasteiger partial charge in [0.2, 0.25) is 5.91 Å². The van der Waals surface area contributed by atoms with E-state index in [0.29, 0.717) is 5.82 Å². The maximum absolute atomic E-state index is 11.3. The third-order valence-corrected chi connectivity index (χ3v) is 2.13. The van der Waals surface area contributed by atoms with Crippen molar-refractivity contribution in [1.29, 1.82) is 0 Å². The first-order valence-electron chi connectivity index (χ1n) is 4.19. The molecule has 0 unspecified atom stereocenters. The molecule has 1 atom stereocenters. The Kier molecular flexibility index (Phi) is 3.60. The summed E-state index contributed by atoms with van der Waals surface area (Å²) in [5, 5.41) is 2.64. The Bertz CT molecular complexity index is 352. The molecular formula is C9H12BrN3O. The van der Waals surface area contributed by atoms with Gasteiger partial charge in [0.1, 0.15) is 5.82 Å². The lowest BCUT2D eigenvalue weighted by Gasteiger charge is -2.09. The summed E-state index contributed by atoms with van der Waals surface area (Å²) in [5.41, 5.74) is 6.31. The molecule has 0 spiro atoms. The lowest BCUT2D eigenvalue weighted by Crippen LogP contribution is -2.33. The van der Waals surface area contributed by atoms with Crippen LogP contribution in [0.5, 0.6) is 0 Å². The Labute approximate surface area is 91.0 Å². The van der Waals surface area contributed by atoms with Crippen LogP contribution in [0.15, 0.2) is 16.7 Å². The minimum atomic E-state index is -0.528. The summed E-state index contributed by atoms with van der Waals surface area (Å²) in [5.74, 6) is 0.318. The first-order valence-corrected chi connectivity index (χ1v) is 4.98. The molecule has 3 N–H and O–H groups in total. The molecule has 0 radical (unpaired) electrons. The van der Waals surface area contributed by atoms with Gasteiger partial charge in [-0.25, -0.2) is 4.98 Å². The van der Waals surface area contributed by atoms with Crippen molar-refractivity contribution < 1.29 is 4.79 Å². The van der Waals surface area contributed by atoms with Crippen LogP contribution in [0, 0.1) is 6.92 Å². The van der Waals surface area contributed by atoms with Crippen molar-refractivity contribution in [3.63, 3.8) is 0 Å². The van der Waals surface area contributed by atoms with Crippen LogP contribution in [0.3, 0.4) is 0 Å². The molecule has 0 bridgehead atoms. The van der Waals surface area contributed by atoms with Gasteiger partial charge in [-0.15, -0.1) is 0 Å². The smallest absolute Gasteiger partial charge is 0.242 e. The predicted molar refractivity (Wildman–Crippen MR) is 59.0 cm³/mol. The van der Waals surface area contributed by atoms with Crippen LogP contribution < -0.4 is 11.1 Å². The number of rotatable bonds is 2. The maximum Gasteiger partial charge on any atom is 0.242 e. The van der Waals surface area contributed by atoms with E-state index in [0.717, 1.165) is 10.0 Å². The highest BCUT2D eigenvalue weighted by molar-refractivity contribution is 9.10. The molecule has 1 aromatic rings. The highest BCUT2D eigenvalue weighted by Gasteiger charge is 2.09. The summed E-state index contributed by atoms with van der Waals surface area (Å²) in [6, 6.07) is 1.35. The molecule has 0 aromatic carbocycles. The third kappa shape index (κ3) is 2.78. The van der Waals surface area contributed by atoms with Crippen LogP contribution in [-0.4, -0.2) is 16.9 Å². The first-order chi connectivity index (χ1) is 6.50. The van der Waals surface area contributed by atoms with E-state index in [1.54, 1.807) is 13.1 Å². The van der Waals surface area contributed by atoms with Crippen LogP contribution in [0.2, 0.25) is 0 Å². The fraction of sp³-hybridized carbons (Fsp3) is 0.333. The lowest BCUT2D eigenvalue weighted by atomic mass is 10.2. The number of hydrogen-bond donors (Lipinski definition) is 2. The van der Waals surface area contributed by atoms with Gasteiger partial charge in [0.05, 0.1) is 6.04 Å². The van der Waals surface area contributed by atoms with Crippen LogP contribution in [0.1, 0.15) is 12.5 Å². The van der Waals surface area contributed by atoms with Crippen LogP contribution in [-0.2, 0) is 4.79 Å². The van der Waals surface area contributed by atoms with Gasteiger partial charge >= 0.3 is 0 Å². The molecule has 1 amide bonds. The number of hydrogen-bond acceptors (Lipinski definition) is 3. The first kappa shape index (κ1) is 11.1. The Balaban J connectivity index is 2.82. The standard InChI is InChI=1S/C9H12BrN3O/c1-5-3-7(10)4-12-8(5)13-9(14)6(2)11/h3-4,6H,11H2,1-2H3,(H,12,13,14)/t6-/m1/s1. The molecule has 0 fully saturated rings. The van der Waals surface area contributed by atoms with Crippen molar-refractivity contribution in [2.75, 3.05) is 5.32 Å². The van der Waals surface area contributed by atoms with E-state index < -0.39 is 6.04 Å². The van der Waals surface area contributed by atoms with Crippen LogP contribution in [0.25, 0.3) is 0 Å². The summed E-state index contributed by atoms with van der Waals surface area (Å²) < 4.78 is 0.883. The fourth-order valence-corrected chi connectivity index (χ4v) is 1.35. The summed E-state index contributed by atoms with van der Waals surface area (Å²) in [7, 11) is 0. The van der Waals surface area contributed by atoms with Crippen molar-refractivity contribution in [3.8, 4) is 0 Å². The monoisotopic (exact) mass is 257 g/mol. The molecule has 1 heterocycles. The van der Waals surface area contributed by atoms with Gasteiger partial charge in [-0.2, -0.15) is 0 Å². The van der Waals surface area contributed by atoms with Crippen molar-refractivity contribution in [1.82, 2.24) is 4.98 Å². The zero-order valence-corrected chi connectivity index (χ0v) is 9.63. The molecule has 0 aliphatic rings. The van der Waals surface area contributed by atoms with E-state index in [9.17, 15) is 4.79 Å².